The zero-order chi connectivity index (χ0) is 14.7. The van der Waals surface area contributed by atoms with Gasteiger partial charge in [-0.25, -0.2) is 4.99 Å². The Labute approximate surface area is 140 Å². The van der Waals surface area contributed by atoms with Crippen LogP contribution in [0.15, 0.2) is 63.8 Å². The molecule has 1 nitrogen and oxygen atoms in total. The monoisotopic (exact) mass is 349 g/mol. The third-order valence-corrected chi connectivity index (χ3v) is 6.93. The average Bonchev–Trinajstić information content (AvgIpc) is 2.93. The first kappa shape index (κ1) is 14.9. The van der Waals surface area contributed by atoms with E-state index in [0.29, 0.717) is 0 Å². The second kappa shape index (κ2) is 6.79. The molecule has 0 fully saturated rings. The van der Waals surface area contributed by atoms with Gasteiger partial charge in [0.15, 0.2) is 0 Å². The van der Waals surface area contributed by atoms with Crippen molar-refractivity contribution >= 4 is 49.7 Å². The molecule has 0 bridgehead atoms. The SMILES string of the molecule is CSc1ssc(=Nc2ccc(Cl)cc2)c1-c1ccccc1. The largest absolute Gasteiger partial charge is 0.237 e. The lowest BCUT2D eigenvalue weighted by atomic mass is 10.1. The Bertz CT molecular complexity index is 788. The maximum atomic E-state index is 5.93. The number of halogens is 1. The molecule has 1 heterocycles. The molecule has 3 rings (SSSR count). The molecule has 0 aliphatic heterocycles. The lowest BCUT2D eigenvalue weighted by Gasteiger charge is -2.01. The number of rotatable bonds is 3. The second-order valence-corrected chi connectivity index (χ2v) is 7.93. The highest BCUT2D eigenvalue weighted by atomic mass is 35.5. The summed E-state index contributed by atoms with van der Waals surface area (Å²) in [5, 5.41) is 0.732. The van der Waals surface area contributed by atoms with Gasteiger partial charge in [0.1, 0.15) is 4.67 Å². The van der Waals surface area contributed by atoms with Gasteiger partial charge in [0.2, 0.25) is 0 Å². The molecule has 0 aliphatic rings. The van der Waals surface area contributed by atoms with E-state index in [9.17, 15) is 0 Å². The predicted molar refractivity (Wildman–Crippen MR) is 96.1 cm³/mol. The summed E-state index contributed by atoms with van der Waals surface area (Å²) < 4.78 is 2.36. The molecule has 21 heavy (non-hydrogen) atoms. The van der Waals surface area contributed by atoms with Crippen LogP contribution in [0.4, 0.5) is 5.69 Å². The molecular formula is C16H12ClNS3. The van der Waals surface area contributed by atoms with E-state index >= 15 is 0 Å². The zero-order valence-electron chi connectivity index (χ0n) is 11.2. The maximum absolute atomic E-state index is 5.93. The molecule has 0 saturated carbocycles. The second-order valence-electron chi connectivity index (χ2n) is 4.29. The minimum absolute atomic E-state index is 0.732. The van der Waals surface area contributed by atoms with Gasteiger partial charge in [-0.15, -0.1) is 11.8 Å². The minimum Gasteiger partial charge on any atom is -0.237 e. The summed E-state index contributed by atoms with van der Waals surface area (Å²) in [4.78, 5) is 4.78. The molecular weight excluding hydrogens is 338 g/mol. The van der Waals surface area contributed by atoms with E-state index < -0.39 is 0 Å². The summed E-state index contributed by atoms with van der Waals surface area (Å²) in [7, 11) is 3.49. The van der Waals surface area contributed by atoms with Gasteiger partial charge >= 0.3 is 0 Å². The van der Waals surface area contributed by atoms with Crippen molar-refractivity contribution < 1.29 is 0 Å². The fraction of sp³-hybridized carbons (Fsp3) is 0.0625. The predicted octanol–water partition coefficient (Wildman–Crippen LogP) is 6.08. The quantitative estimate of drug-likeness (QED) is 0.412. The smallest absolute Gasteiger partial charge is 0.136 e. The van der Waals surface area contributed by atoms with Crippen molar-refractivity contribution in [1.82, 2.24) is 0 Å². The standard InChI is InChI=1S/C16H12ClNS3/c1-19-16-14(11-5-3-2-4-6-11)15(20-21-16)18-13-9-7-12(17)8-10-13/h2-10H,1H3. The maximum Gasteiger partial charge on any atom is 0.136 e. The van der Waals surface area contributed by atoms with Crippen molar-refractivity contribution in [2.75, 3.05) is 6.26 Å². The molecule has 0 spiro atoms. The van der Waals surface area contributed by atoms with Gasteiger partial charge in [0.25, 0.3) is 0 Å². The molecule has 106 valence electrons. The Morgan fingerprint density at radius 2 is 1.67 bits per heavy atom. The first-order valence-corrected chi connectivity index (χ1v) is 10.1. The van der Waals surface area contributed by atoms with Gasteiger partial charge in [0.05, 0.1) is 9.90 Å². The van der Waals surface area contributed by atoms with Crippen LogP contribution in [0.3, 0.4) is 0 Å². The minimum atomic E-state index is 0.732. The van der Waals surface area contributed by atoms with E-state index in [4.69, 9.17) is 16.6 Å². The van der Waals surface area contributed by atoms with Gasteiger partial charge in [-0.2, -0.15) is 0 Å². The molecule has 0 N–H and O–H groups in total. The van der Waals surface area contributed by atoms with Crippen molar-refractivity contribution in [3.63, 3.8) is 0 Å². The van der Waals surface area contributed by atoms with E-state index in [1.165, 1.54) is 15.3 Å². The number of thioether (sulfide) groups is 1. The van der Waals surface area contributed by atoms with E-state index in [2.05, 4.69) is 30.5 Å². The lowest BCUT2D eigenvalue weighted by molar-refractivity contribution is 1.39. The summed E-state index contributed by atoms with van der Waals surface area (Å²) in [6, 6.07) is 18.1. The Morgan fingerprint density at radius 1 is 0.952 bits per heavy atom. The van der Waals surface area contributed by atoms with Crippen LogP contribution < -0.4 is 4.67 Å². The Hall–Kier alpha value is -1.07. The van der Waals surface area contributed by atoms with Gasteiger partial charge in [-0.1, -0.05) is 62.6 Å². The zero-order valence-corrected chi connectivity index (χ0v) is 14.5. The van der Waals surface area contributed by atoms with Gasteiger partial charge in [0, 0.05) is 10.6 Å². The van der Waals surface area contributed by atoms with Gasteiger partial charge in [-0.3, -0.25) is 0 Å². The Morgan fingerprint density at radius 3 is 2.33 bits per heavy atom. The molecule has 2 aromatic carbocycles. The number of hydrogen-bond acceptors (Lipinski definition) is 4. The molecule has 1 aromatic heterocycles. The third-order valence-electron chi connectivity index (χ3n) is 2.92. The Kier molecular flexibility index (Phi) is 4.80. The van der Waals surface area contributed by atoms with E-state index in [1.807, 2.05) is 30.3 Å². The molecule has 0 atom stereocenters. The molecule has 0 radical (unpaired) electrons. The molecule has 0 unspecified atom stereocenters. The third kappa shape index (κ3) is 3.40. The molecule has 0 amide bonds. The van der Waals surface area contributed by atoms with Crippen LogP contribution >= 0.6 is 44.0 Å². The fourth-order valence-corrected chi connectivity index (χ4v) is 5.78. The summed E-state index contributed by atoms with van der Waals surface area (Å²) in [6.45, 7) is 0. The van der Waals surface area contributed by atoms with Crippen molar-refractivity contribution in [3.05, 3.63) is 64.3 Å². The van der Waals surface area contributed by atoms with Crippen LogP contribution in [-0.2, 0) is 0 Å². The highest BCUT2D eigenvalue weighted by Gasteiger charge is 2.10. The highest BCUT2D eigenvalue weighted by molar-refractivity contribution is 8.02. The van der Waals surface area contributed by atoms with Gasteiger partial charge in [-0.05, 0) is 36.1 Å². The summed E-state index contributed by atoms with van der Waals surface area (Å²) in [5.41, 5.74) is 3.37. The summed E-state index contributed by atoms with van der Waals surface area (Å²) in [5.74, 6) is 0. The van der Waals surface area contributed by atoms with Crippen LogP contribution in [0.25, 0.3) is 11.1 Å². The van der Waals surface area contributed by atoms with Crippen LogP contribution in [-0.4, -0.2) is 6.26 Å². The highest BCUT2D eigenvalue weighted by Crippen LogP contribution is 2.34. The van der Waals surface area contributed by atoms with Crippen molar-refractivity contribution in [3.8, 4) is 11.1 Å². The fourth-order valence-electron chi connectivity index (χ4n) is 1.94. The van der Waals surface area contributed by atoms with Crippen LogP contribution in [0.5, 0.6) is 0 Å². The first-order valence-electron chi connectivity index (χ1n) is 6.31. The number of benzene rings is 2. The normalized spacial score (nSPS) is 11.8. The Balaban J connectivity index is 2.15. The number of hydrogen-bond donors (Lipinski definition) is 0. The molecule has 0 aliphatic carbocycles. The van der Waals surface area contributed by atoms with Crippen molar-refractivity contribution in [2.24, 2.45) is 4.99 Å². The summed E-state index contributed by atoms with van der Waals surface area (Å²) in [6.07, 6.45) is 2.11. The van der Waals surface area contributed by atoms with Crippen molar-refractivity contribution in [1.29, 1.82) is 0 Å². The number of nitrogens with zero attached hydrogens (tertiary/aromatic N) is 1. The topological polar surface area (TPSA) is 12.4 Å². The van der Waals surface area contributed by atoms with E-state index in [1.54, 1.807) is 32.4 Å². The molecule has 5 heteroatoms. The van der Waals surface area contributed by atoms with Gasteiger partial charge < -0.3 is 0 Å². The van der Waals surface area contributed by atoms with E-state index in [-0.39, 0.29) is 0 Å². The van der Waals surface area contributed by atoms with Crippen LogP contribution in [0, 0.1) is 0 Å². The van der Waals surface area contributed by atoms with E-state index in [0.717, 1.165) is 15.4 Å². The lowest BCUT2D eigenvalue weighted by Crippen LogP contribution is -1.97. The average molecular weight is 350 g/mol. The first-order chi connectivity index (χ1) is 10.3. The van der Waals surface area contributed by atoms with Crippen molar-refractivity contribution in [2.45, 2.75) is 4.21 Å². The molecule has 3 aromatic rings. The molecule has 0 saturated heterocycles. The summed E-state index contributed by atoms with van der Waals surface area (Å²) >= 11 is 7.70. The van der Waals surface area contributed by atoms with Crippen LogP contribution in [0.1, 0.15) is 0 Å². The van der Waals surface area contributed by atoms with Crippen LogP contribution in [0.2, 0.25) is 5.02 Å².